The van der Waals surface area contributed by atoms with Gasteiger partial charge in [0.15, 0.2) is 0 Å². The van der Waals surface area contributed by atoms with Crippen LogP contribution >= 0.6 is 11.6 Å². The smallest absolute Gasteiger partial charge is 0.0474 e. The third kappa shape index (κ3) is 3.22. The first-order valence-corrected chi connectivity index (χ1v) is 7.32. The van der Waals surface area contributed by atoms with Crippen LogP contribution in [0.25, 0.3) is 0 Å². The number of benzene rings is 1. The maximum atomic E-state index is 6.42. The summed E-state index contributed by atoms with van der Waals surface area (Å²) < 4.78 is 0. The highest BCUT2D eigenvalue weighted by molar-refractivity contribution is 6.31. The van der Waals surface area contributed by atoms with Gasteiger partial charge in [0.2, 0.25) is 0 Å². The van der Waals surface area contributed by atoms with Crippen molar-refractivity contribution in [3.63, 3.8) is 0 Å². The van der Waals surface area contributed by atoms with Gasteiger partial charge >= 0.3 is 0 Å². The Morgan fingerprint density at radius 2 is 2.11 bits per heavy atom. The lowest BCUT2D eigenvalue weighted by molar-refractivity contribution is 0.275. The zero-order chi connectivity index (χ0) is 14.0. The molecule has 0 bridgehead atoms. The number of piperazine rings is 1. The third-order valence-electron chi connectivity index (χ3n) is 4.05. The average Bonchev–Trinajstić information content (AvgIpc) is 2.37. The minimum atomic E-state index is 0.284. The van der Waals surface area contributed by atoms with Crippen molar-refractivity contribution in [2.45, 2.75) is 25.9 Å². The Morgan fingerprint density at radius 1 is 1.37 bits per heavy atom. The van der Waals surface area contributed by atoms with Gasteiger partial charge < -0.3 is 15.1 Å². The summed E-state index contributed by atoms with van der Waals surface area (Å²) in [5, 5.41) is 4.08. The molecular weight excluding hydrogens is 258 g/mol. The topological polar surface area (TPSA) is 18.5 Å². The Kier molecular flexibility index (Phi) is 4.71. The van der Waals surface area contributed by atoms with Crippen molar-refractivity contribution in [3.05, 3.63) is 28.8 Å². The molecule has 1 aromatic rings. The molecule has 2 unspecified atom stereocenters. The second-order valence-corrected chi connectivity index (χ2v) is 5.93. The van der Waals surface area contributed by atoms with Crippen molar-refractivity contribution in [1.29, 1.82) is 0 Å². The largest absolute Gasteiger partial charge is 0.366 e. The Hall–Kier alpha value is -0.770. The lowest BCUT2D eigenvalue weighted by Crippen LogP contribution is -2.50. The molecular formula is C15H24ClN3. The monoisotopic (exact) mass is 281 g/mol. The van der Waals surface area contributed by atoms with Gasteiger partial charge in [-0.15, -0.1) is 0 Å². The van der Waals surface area contributed by atoms with Crippen LogP contribution in [0.2, 0.25) is 5.02 Å². The molecule has 3 nitrogen and oxygen atoms in total. The highest BCUT2D eigenvalue weighted by atomic mass is 35.5. The molecule has 0 aromatic heterocycles. The van der Waals surface area contributed by atoms with Crippen molar-refractivity contribution in [2.24, 2.45) is 0 Å². The molecule has 0 aliphatic carbocycles. The summed E-state index contributed by atoms with van der Waals surface area (Å²) in [4.78, 5) is 4.82. The molecule has 0 spiro atoms. The lowest BCUT2D eigenvalue weighted by Gasteiger charge is -2.40. The van der Waals surface area contributed by atoms with Crippen LogP contribution < -0.4 is 10.2 Å². The number of rotatable bonds is 3. The quantitative estimate of drug-likeness (QED) is 0.919. The minimum absolute atomic E-state index is 0.284. The highest BCUT2D eigenvalue weighted by Crippen LogP contribution is 2.29. The number of hydrogen-bond donors (Lipinski definition) is 1. The molecule has 1 heterocycles. The van der Waals surface area contributed by atoms with Crippen LogP contribution in [-0.2, 0) is 0 Å². The molecule has 1 saturated heterocycles. The predicted octanol–water partition coefficient (Wildman–Crippen LogP) is 2.76. The molecule has 2 rings (SSSR count). The Bertz CT molecular complexity index is 435. The molecule has 0 radical (unpaired) electrons. The van der Waals surface area contributed by atoms with E-state index in [-0.39, 0.29) is 6.04 Å². The number of halogens is 1. The van der Waals surface area contributed by atoms with E-state index in [0.717, 1.165) is 30.2 Å². The van der Waals surface area contributed by atoms with Crippen molar-refractivity contribution in [3.8, 4) is 0 Å². The van der Waals surface area contributed by atoms with Gasteiger partial charge in [0.25, 0.3) is 0 Å². The molecule has 106 valence electrons. The highest BCUT2D eigenvalue weighted by Gasteiger charge is 2.22. The van der Waals surface area contributed by atoms with E-state index in [4.69, 9.17) is 11.6 Å². The summed E-state index contributed by atoms with van der Waals surface area (Å²) >= 11 is 6.42. The van der Waals surface area contributed by atoms with Crippen LogP contribution in [-0.4, -0.2) is 44.7 Å². The Labute approximate surface area is 121 Å². The first-order chi connectivity index (χ1) is 9.02. The van der Waals surface area contributed by atoms with E-state index in [1.807, 2.05) is 7.05 Å². The molecule has 1 aliphatic heterocycles. The van der Waals surface area contributed by atoms with Crippen LogP contribution in [0.15, 0.2) is 18.2 Å². The van der Waals surface area contributed by atoms with Crippen LogP contribution in [0.3, 0.4) is 0 Å². The number of hydrogen-bond acceptors (Lipinski definition) is 3. The fourth-order valence-corrected chi connectivity index (χ4v) is 3.06. The van der Waals surface area contributed by atoms with E-state index in [0.29, 0.717) is 6.04 Å². The van der Waals surface area contributed by atoms with Gasteiger partial charge in [-0.1, -0.05) is 17.7 Å². The fourth-order valence-electron chi connectivity index (χ4n) is 2.72. The molecule has 1 aromatic carbocycles. The van der Waals surface area contributed by atoms with Gasteiger partial charge in [-0.3, -0.25) is 0 Å². The molecule has 2 atom stereocenters. The number of nitrogens with one attached hydrogen (secondary N) is 1. The SMILES string of the molecule is CNC(C)c1ccc(N2CCN(C)CC2C)cc1Cl. The number of likely N-dealkylation sites (N-methyl/N-ethyl adjacent to an activating group) is 1. The summed E-state index contributed by atoms with van der Waals surface area (Å²) in [5.41, 5.74) is 2.40. The van der Waals surface area contributed by atoms with Gasteiger partial charge in [-0.25, -0.2) is 0 Å². The lowest BCUT2D eigenvalue weighted by atomic mass is 10.1. The summed E-state index contributed by atoms with van der Waals surface area (Å²) in [5.74, 6) is 0. The maximum absolute atomic E-state index is 6.42. The summed E-state index contributed by atoms with van der Waals surface area (Å²) in [7, 11) is 4.13. The van der Waals surface area contributed by atoms with Crippen molar-refractivity contribution < 1.29 is 0 Å². The maximum Gasteiger partial charge on any atom is 0.0474 e. The van der Waals surface area contributed by atoms with Crippen molar-refractivity contribution in [1.82, 2.24) is 10.2 Å². The average molecular weight is 282 g/mol. The van der Waals surface area contributed by atoms with Crippen molar-refractivity contribution >= 4 is 17.3 Å². The Morgan fingerprint density at radius 3 is 2.68 bits per heavy atom. The fraction of sp³-hybridized carbons (Fsp3) is 0.600. The molecule has 19 heavy (non-hydrogen) atoms. The number of nitrogens with zero attached hydrogens (tertiary/aromatic N) is 2. The second-order valence-electron chi connectivity index (χ2n) is 5.52. The zero-order valence-electron chi connectivity index (χ0n) is 12.3. The van der Waals surface area contributed by atoms with E-state index < -0.39 is 0 Å². The summed E-state index contributed by atoms with van der Waals surface area (Å²) in [6.45, 7) is 7.67. The van der Waals surface area contributed by atoms with Gasteiger partial charge in [-0.2, -0.15) is 0 Å². The van der Waals surface area contributed by atoms with E-state index in [1.165, 1.54) is 5.69 Å². The van der Waals surface area contributed by atoms with Gasteiger partial charge in [0.1, 0.15) is 0 Å². The first kappa shape index (κ1) is 14.6. The van der Waals surface area contributed by atoms with E-state index in [1.54, 1.807) is 0 Å². The van der Waals surface area contributed by atoms with Gasteiger partial charge in [-0.05, 0) is 45.6 Å². The molecule has 1 N–H and O–H groups in total. The van der Waals surface area contributed by atoms with E-state index in [2.05, 4.69) is 54.2 Å². The normalized spacial score (nSPS) is 22.6. The molecule has 1 fully saturated rings. The van der Waals surface area contributed by atoms with Crippen LogP contribution in [0.1, 0.15) is 25.5 Å². The van der Waals surface area contributed by atoms with Gasteiger partial charge in [0.05, 0.1) is 0 Å². The van der Waals surface area contributed by atoms with Crippen molar-refractivity contribution in [2.75, 3.05) is 38.6 Å². The molecule has 0 amide bonds. The summed E-state index contributed by atoms with van der Waals surface area (Å²) in [6, 6.07) is 7.25. The molecule has 4 heteroatoms. The molecule has 1 aliphatic rings. The van der Waals surface area contributed by atoms with Crippen LogP contribution in [0, 0.1) is 0 Å². The predicted molar refractivity (Wildman–Crippen MR) is 83.2 cm³/mol. The minimum Gasteiger partial charge on any atom is -0.366 e. The van der Waals surface area contributed by atoms with Crippen LogP contribution in [0.4, 0.5) is 5.69 Å². The third-order valence-corrected chi connectivity index (χ3v) is 4.37. The molecule has 0 saturated carbocycles. The van der Waals surface area contributed by atoms with E-state index >= 15 is 0 Å². The standard InChI is InChI=1S/C15H24ClN3/c1-11-10-18(4)7-8-19(11)13-5-6-14(12(2)17-3)15(16)9-13/h5-6,9,11-12,17H,7-8,10H2,1-4H3. The zero-order valence-corrected chi connectivity index (χ0v) is 13.0. The van der Waals surface area contributed by atoms with Crippen LogP contribution in [0.5, 0.6) is 0 Å². The number of anilines is 1. The Balaban J connectivity index is 2.20. The van der Waals surface area contributed by atoms with E-state index in [9.17, 15) is 0 Å². The first-order valence-electron chi connectivity index (χ1n) is 6.95. The van der Waals surface area contributed by atoms with Gasteiger partial charge in [0, 0.05) is 42.4 Å². The second kappa shape index (κ2) is 6.12. The summed E-state index contributed by atoms with van der Waals surface area (Å²) in [6.07, 6.45) is 0.